The van der Waals surface area contributed by atoms with Crippen molar-refractivity contribution in [1.82, 2.24) is 5.32 Å². The summed E-state index contributed by atoms with van der Waals surface area (Å²) in [4.78, 5) is 12.2. The number of carbonyl (C=O) groups excluding carboxylic acids is 1. The summed E-state index contributed by atoms with van der Waals surface area (Å²) < 4.78 is 26.5. The molecule has 5 nitrogen and oxygen atoms in total. The molecule has 2 rings (SSSR count). The monoisotopic (exact) mass is 366 g/mol. The van der Waals surface area contributed by atoms with Crippen LogP contribution in [0.15, 0.2) is 53.4 Å². The van der Waals surface area contributed by atoms with Crippen molar-refractivity contribution in [3.63, 3.8) is 0 Å². The number of sulfonamides is 1. The highest BCUT2D eigenvalue weighted by molar-refractivity contribution is 7.92. The summed E-state index contributed by atoms with van der Waals surface area (Å²) in [6.45, 7) is 3.72. The highest BCUT2D eigenvalue weighted by Crippen LogP contribution is 2.24. The Balaban J connectivity index is 2.34. The van der Waals surface area contributed by atoms with Gasteiger partial charge in [-0.2, -0.15) is 0 Å². The Morgan fingerprint density at radius 3 is 2.33 bits per heavy atom. The number of nitrogens with one attached hydrogen (secondary N) is 1. The van der Waals surface area contributed by atoms with Gasteiger partial charge >= 0.3 is 0 Å². The molecule has 0 fully saturated rings. The molecule has 1 N–H and O–H groups in total. The van der Waals surface area contributed by atoms with Gasteiger partial charge in [0.25, 0.3) is 15.9 Å². The molecular weight excluding hydrogens is 348 g/mol. The van der Waals surface area contributed by atoms with Crippen molar-refractivity contribution < 1.29 is 13.2 Å². The maximum atomic E-state index is 12.7. The van der Waals surface area contributed by atoms with Crippen molar-refractivity contribution in [2.45, 2.75) is 24.8 Å². The molecule has 0 heterocycles. The summed E-state index contributed by atoms with van der Waals surface area (Å²) in [5.74, 6) is -0.246. The standard InChI is InChI=1S/C17H19ClN2O3S/c1-12(2)19-17(21)13-5-4-6-15(11-13)20(3)24(22,23)16-9-7-14(18)8-10-16/h4-12H,1-3H3,(H,19,21). The molecule has 128 valence electrons. The van der Waals surface area contributed by atoms with Gasteiger partial charge in [0.2, 0.25) is 0 Å². The summed E-state index contributed by atoms with van der Waals surface area (Å²) in [5, 5.41) is 3.24. The second-order valence-electron chi connectivity index (χ2n) is 5.60. The number of nitrogens with zero attached hydrogens (tertiary/aromatic N) is 1. The first-order chi connectivity index (χ1) is 11.2. The first kappa shape index (κ1) is 18.3. The average Bonchev–Trinajstić information content (AvgIpc) is 2.54. The third-order valence-corrected chi connectivity index (χ3v) is 5.42. The van der Waals surface area contributed by atoms with Crippen LogP contribution in [-0.4, -0.2) is 27.4 Å². The van der Waals surface area contributed by atoms with E-state index in [0.29, 0.717) is 16.3 Å². The first-order valence-corrected chi connectivity index (χ1v) is 9.19. The zero-order valence-electron chi connectivity index (χ0n) is 13.7. The van der Waals surface area contributed by atoms with Crippen LogP contribution in [0.3, 0.4) is 0 Å². The third-order valence-electron chi connectivity index (χ3n) is 3.36. The lowest BCUT2D eigenvalue weighted by atomic mass is 10.2. The SMILES string of the molecule is CC(C)NC(=O)c1cccc(N(C)S(=O)(=O)c2ccc(Cl)cc2)c1. The number of carbonyl (C=O) groups is 1. The van der Waals surface area contributed by atoms with Crippen LogP contribution in [0.4, 0.5) is 5.69 Å². The number of hydrogen-bond acceptors (Lipinski definition) is 3. The van der Waals surface area contributed by atoms with Gasteiger partial charge in [-0.15, -0.1) is 0 Å². The minimum Gasteiger partial charge on any atom is -0.350 e. The lowest BCUT2D eigenvalue weighted by Gasteiger charge is -2.20. The lowest BCUT2D eigenvalue weighted by Crippen LogP contribution is -2.30. The summed E-state index contributed by atoms with van der Waals surface area (Å²) >= 11 is 5.80. The van der Waals surface area contributed by atoms with Gasteiger partial charge in [-0.3, -0.25) is 9.10 Å². The molecule has 0 unspecified atom stereocenters. The van der Waals surface area contributed by atoms with Gasteiger partial charge < -0.3 is 5.32 Å². The molecule has 2 aromatic carbocycles. The molecule has 1 amide bonds. The van der Waals surface area contributed by atoms with Crippen LogP contribution in [0.5, 0.6) is 0 Å². The lowest BCUT2D eigenvalue weighted by molar-refractivity contribution is 0.0943. The van der Waals surface area contributed by atoms with Gasteiger partial charge in [-0.05, 0) is 56.3 Å². The summed E-state index contributed by atoms with van der Waals surface area (Å²) in [5.41, 5.74) is 0.806. The van der Waals surface area contributed by atoms with Gasteiger partial charge in [0.15, 0.2) is 0 Å². The minimum atomic E-state index is -3.73. The Hall–Kier alpha value is -2.05. The predicted molar refractivity (Wildman–Crippen MR) is 96.1 cm³/mol. The fourth-order valence-electron chi connectivity index (χ4n) is 2.09. The van der Waals surface area contributed by atoms with Crippen LogP contribution in [0, 0.1) is 0 Å². The molecule has 0 spiro atoms. The van der Waals surface area contributed by atoms with E-state index in [4.69, 9.17) is 11.6 Å². The maximum absolute atomic E-state index is 12.7. The van der Waals surface area contributed by atoms with Crippen LogP contribution in [-0.2, 0) is 10.0 Å². The van der Waals surface area contributed by atoms with Crippen LogP contribution < -0.4 is 9.62 Å². The van der Waals surface area contributed by atoms with Crippen molar-refractivity contribution in [2.24, 2.45) is 0 Å². The highest BCUT2D eigenvalue weighted by Gasteiger charge is 2.22. The van der Waals surface area contributed by atoms with Crippen molar-refractivity contribution in [1.29, 1.82) is 0 Å². The molecule has 24 heavy (non-hydrogen) atoms. The zero-order chi connectivity index (χ0) is 17.9. The second kappa shape index (κ2) is 7.23. The fraction of sp³-hybridized carbons (Fsp3) is 0.235. The van der Waals surface area contributed by atoms with Gasteiger partial charge in [-0.25, -0.2) is 8.42 Å². The smallest absolute Gasteiger partial charge is 0.264 e. The fourth-order valence-corrected chi connectivity index (χ4v) is 3.41. The molecule has 0 aliphatic rings. The van der Waals surface area contributed by atoms with Gasteiger partial charge in [0.1, 0.15) is 0 Å². The third kappa shape index (κ3) is 4.07. The summed E-state index contributed by atoms with van der Waals surface area (Å²) in [6, 6.07) is 12.4. The molecule has 0 aliphatic carbocycles. The van der Waals surface area contributed by atoms with Crippen LogP contribution >= 0.6 is 11.6 Å². The van der Waals surface area contributed by atoms with Gasteiger partial charge in [-0.1, -0.05) is 17.7 Å². The van der Waals surface area contributed by atoms with E-state index in [0.717, 1.165) is 4.31 Å². The molecule has 0 aliphatic heterocycles. The topological polar surface area (TPSA) is 66.5 Å². The largest absolute Gasteiger partial charge is 0.350 e. The van der Waals surface area contributed by atoms with Gasteiger partial charge in [0.05, 0.1) is 10.6 Å². The normalized spacial score (nSPS) is 11.4. The van der Waals surface area contributed by atoms with E-state index < -0.39 is 10.0 Å². The Bertz CT molecular complexity index is 833. The highest BCUT2D eigenvalue weighted by atomic mass is 35.5. The van der Waals surface area contributed by atoms with E-state index in [9.17, 15) is 13.2 Å². The average molecular weight is 367 g/mol. The molecule has 0 bridgehead atoms. The number of rotatable bonds is 5. The number of halogens is 1. The Labute approximate surface area is 147 Å². The molecule has 0 atom stereocenters. The molecule has 7 heteroatoms. The molecule has 0 aromatic heterocycles. The number of amides is 1. The molecule has 0 saturated heterocycles. The Morgan fingerprint density at radius 2 is 1.75 bits per heavy atom. The Kier molecular flexibility index (Phi) is 5.51. The Morgan fingerprint density at radius 1 is 1.12 bits per heavy atom. The van der Waals surface area contributed by atoms with Gasteiger partial charge in [0, 0.05) is 23.7 Å². The van der Waals surface area contributed by atoms with Crippen LogP contribution in [0.1, 0.15) is 24.2 Å². The molecule has 2 aromatic rings. The van der Waals surface area contributed by atoms with Crippen molar-refractivity contribution in [3.05, 3.63) is 59.1 Å². The van der Waals surface area contributed by atoms with Crippen LogP contribution in [0.25, 0.3) is 0 Å². The minimum absolute atomic E-state index is 0.00307. The maximum Gasteiger partial charge on any atom is 0.264 e. The zero-order valence-corrected chi connectivity index (χ0v) is 15.2. The second-order valence-corrected chi connectivity index (χ2v) is 8.01. The van der Waals surface area contributed by atoms with E-state index in [1.165, 1.54) is 31.3 Å². The molecular formula is C17H19ClN2O3S. The summed E-state index contributed by atoms with van der Waals surface area (Å²) in [7, 11) is -2.28. The van der Waals surface area contributed by atoms with Crippen molar-refractivity contribution in [3.8, 4) is 0 Å². The van der Waals surface area contributed by atoms with Crippen LogP contribution in [0.2, 0.25) is 5.02 Å². The van der Waals surface area contributed by atoms with E-state index >= 15 is 0 Å². The van der Waals surface area contributed by atoms with Crippen molar-refractivity contribution >= 4 is 33.2 Å². The van der Waals surface area contributed by atoms with E-state index in [2.05, 4.69) is 5.32 Å². The van der Waals surface area contributed by atoms with E-state index in [1.807, 2.05) is 13.8 Å². The quantitative estimate of drug-likeness (QED) is 0.882. The number of anilines is 1. The first-order valence-electron chi connectivity index (χ1n) is 7.37. The summed E-state index contributed by atoms with van der Waals surface area (Å²) in [6.07, 6.45) is 0. The van der Waals surface area contributed by atoms with E-state index in [-0.39, 0.29) is 16.8 Å². The number of hydrogen-bond donors (Lipinski definition) is 1. The molecule has 0 saturated carbocycles. The number of benzene rings is 2. The van der Waals surface area contributed by atoms with Crippen molar-refractivity contribution in [2.75, 3.05) is 11.4 Å². The molecule has 0 radical (unpaired) electrons. The van der Waals surface area contributed by atoms with E-state index in [1.54, 1.807) is 24.3 Å². The predicted octanol–water partition coefficient (Wildman–Crippen LogP) is 3.30.